The number of aromatic nitrogens is 1. The number of hydrogen-bond donors (Lipinski definition) is 2. The lowest BCUT2D eigenvalue weighted by atomic mass is 10.1. The predicted octanol–water partition coefficient (Wildman–Crippen LogP) is 1.77. The number of nitrogens with two attached hydrogens (primary N) is 1. The summed E-state index contributed by atoms with van der Waals surface area (Å²) in [5.74, 6) is 5.51. The van der Waals surface area contributed by atoms with Gasteiger partial charge in [0.15, 0.2) is 6.10 Å². The van der Waals surface area contributed by atoms with E-state index in [1.807, 2.05) is 37.3 Å². The summed E-state index contributed by atoms with van der Waals surface area (Å²) < 4.78 is 5.79. The highest BCUT2D eigenvalue weighted by molar-refractivity contribution is 5.86. The molecule has 3 N–H and O–H groups in total. The van der Waals surface area contributed by atoms with Crippen LogP contribution in [0.5, 0.6) is 5.75 Å². The van der Waals surface area contributed by atoms with E-state index in [0.717, 1.165) is 17.3 Å². The maximum absolute atomic E-state index is 11.7. The number of rotatable bonds is 5. The van der Waals surface area contributed by atoms with E-state index in [1.54, 1.807) is 6.20 Å². The van der Waals surface area contributed by atoms with Crippen LogP contribution in [-0.2, 0) is 4.79 Å². The van der Waals surface area contributed by atoms with Crippen LogP contribution in [0.1, 0.15) is 19.8 Å². The van der Waals surface area contributed by atoms with Crippen molar-refractivity contribution in [1.29, 1.82) is 0 Å². The van der Waals surface area contributed by atoms with Crippen LogP contribution >= 0.6 is 0 Å². The Kier molecular flexibility index (Phi) is 4.30. The fourth-order valence-corrected chi connectivity index (χ4v) is 1.93. The standard InChI is InChI=1S/C14H17N3O2/c1-2-5-13(14(18)17-15)19-12-8-3-7-11-10(12)6-4-9-16-11/h3-4,6-9,13H,2,5,15H2,1H3,(H,17,18). The van der Waals surface area contributed by atoms with E-state index in [0.29, 0.717) is 12.2 Å². The number of nitrogens with zero attached hydrogens (tertiary/aromatic N) is 1. The summed E-state index contributed by atoms with van der Waals surface area (Å²) >= 11 is 0. The van der Waals surface area contributed by atoms with Gasteiger partial charge in [-0.25, -0.2) is 5.84 Å². The number of pyridine rings is 1. The van der Waals surface area contributed by atoms with Crippen molar-refractivity contribution in [3.8, 4) is 5.75 Å². The number of hydrazine groups is 1. The summed E-state index contributed by atoms with van der Waals surface area (Å²) in [6, 6.07) is 9.35. The van der Waals surface area contributed by atoms with E-state index in [9.17, 15) is 4.79 Å². The molecule has 100 valence electrons. The van der Waals surface area contributed by atoms with Crippen LogP contribution in [0.3, 0.4) is 0 Å². The number of nitrogens with one attached hydrogen (secondary N) is 1. The molecule has 0 spiro atoms. The summed E-state index contributed by atoms with van der Waals surface area (Å²) in [4.78, 5) is 15.9. The highest BCUT2D eigenvalue weighted by atomic mass is 16.5. The zero-order chi connectivity index (χ0) is 13.7. The van der Waals surface area contributed by atoms with Crippen molar-refractivity contribution >= 4 is 16.8 Å². The van der Waals surface area contributed by atoms with E-state index >= 15 is 0 Å². The Hall–Kier alpha value is -2.14. The normalized spacial score (nSPS) is 12.1. The van der Waals surface area contributed by atoms with Crippen LogP contribution in [0.4, 0.5) is 0 Å². The molecule has 5 heteroatoms. The molecule has 1 atom stereocenters. The van der Waals surface area contributed by atoms with Gasteiger partial charge in [0.1, 0.15) is 5.75 Å². The van der Waals surface area contributed by atoms with Gasteiger partial charge in [-0.15, -0.1) is 0 Å². The van der Waals surface area contributed by atoms with Crippen LogP contribution in [0.15, 0.2) is 36.5 Å². The Labute approximate surface area is 111 Å². The molecule has 0 aliphatic rings. The quantitative estimate of drug-likeness (QED) is 0.487. The van der Waals surface area contributed by atoms with Crippen molar-refractivity contribution in [2.45, 2.75) is 25.9 Å². The number of hydrogen-bond acceptors (Lipinski definition) is 4. The minimum Gasteiger partial charge on any atom is -0.480 e. The highest BCUT2D eigenvalue weighted by Gasteiger charge is 2.19. The zero-order valence-electron chi connectivity index (χ0n) is 10.8. The SMILES string of the molecule is CCCC(Oc1cccc2ncccc12)C(=O)NN. The van der Waals surface area contributed by atoms with Crippen LogP contribution < -0.4 is 16.0 Å². The number of carbonyl (C=O) groups excluding carboxylic acids is 1. The van der Waals surface area contributed by atoms with E-state index in [2.05, 4.69) is 10.4 Å². The molecular weight excluding hydrogens is 242 g/mol. The van der Waals surface area contributed by atoms with Gasteiger partial charge in [0, 0.05) is 11.6 Å². The van der Waals surface area contributed by atoms with Gasteiger partial charge >= 0.3 is 0 Å². The molecule has 0 aliphatic carbocycles. The Bertz CT molecular complexity index is 566. The summed E-state index contributed by atoms with van der Waals surface area (Å²) in [5, 5.41) is 0.885. The molecule has 1 unspecified atom stereocenters. The largest absolute Gasteiger partial charge is 0.480 e. The van der Waals surface area contributed by atoms with E-state index in [-0.39, 0.29) is 5.91 Å². The Balaban J connectivity index is 2.31. The fourth-order valence-electron chi connectivity index (χ4n) is 1.93. The van der Waals surface area contributed by atoms with Gasteiger partial charge < -0.3 is 4.74 Å². The third-order valence-corrected chi connectivity index (χ3v) is 2.86. The first-order valence-electron chi connectivity index (χ1n) is 6.27. The second kappa shape index (κ2) is 6.15. The van der Waals surface area contributed by atoms with Crippen molar-refractivity contribution in [1.82, 2.24) is 10.4 Å². The Morgan fingerprint density at radius 3 is 3.00 bits per heavy atom. The number of fused-ring (bicyclic) bond motifs is 1. The molecule has 0 saturated heterocycles. The molecule has 19 heavy (non-hydrogen) atoms. The average Bonchev–Trinajstić information content (AvgIpc) is 2.46. The van der Waals surface area contributed by atoms with E-state index < -0.39 is 6.10 Å². The van der Waals surface area contributed by atoms with Crippen molar-refractivity contribution in [3.63, 3.8) is 0 Å². The van der Waals surface area contributed by atoms with Gasteiger partial charge in [-0.05, 0) is 30.7 Å². The molecule has 0 fully saturated rings. The minimum atomic E-state index is -0.583. The molecule has 0 saturated carbocycles. The molecular formula is C14H17N3O2. The van der Waals surface area contributed by atoms with Gasteiger partial charge in [0.25, 0.3) is 5.91 Å². The van der Waals surface area contributed by atoms with E-state index in [4.69, 9.17) is 10.6 Å². The summed E-state index contributed by atoms with van der Waals surface area (Å²) in [6.45, 7) is 1.99. The van der Waals surface area contributed by atoms with Gasteiger partial charge in [-0.1, -0.05) is 19.4 Å². The monoisotopic (exact) mass is 259 g/mol. The molecule has 0 aliphatic heterocycles. The third kappa shape index (κ3) is 3.00. The lowest BCUT2D eigenvalue weighted by Gasteiger charge is -2.17. The van der Waals surface area contributed by atoms with Gasteiger partial charge in [-0.2, -0.15) is 0 Å². The maximum atomic E-state index is 11.7. The van der Waals surface area contributed by atoms with Crippen molar-refractivity contribution < 1.29 is 9.53 Å². The highest BCUT2D eigenvalue weighted by Crippen LogP contribution is 2.25. The van der Waals surface area contributed by atoms with Gasteiger partial charge in [-0.3, -0.25) is 15.2 Å². The maximum Gasteiger partial charge on any atom is 0.274 e. The smallest absolute Gasteiger partial charge is 0.274 e. The predicted molar refractivity (Wildman–Crippen MR) is 73.4 cm³/mol. The molecule has 1 aromatic heterocycles. The van der Waals surface area contributed by atoms with Crippen molar-refractivity contribution in [2.24, 2.45) is 5.84 Å². The molecule has 0 bridgehead atoms. The summed E-state index contributed by atoms with van der Waals surface area (Å²) in [6.07, 6.45) is 2.59. The average molecular weight is 259 g/mol. The summed E-state index contributed by atoms with van der Waals surface area (Å²) in [7, 11) is 0. The van der Waals surface area contributed by atoms with Crippen molar-refractivity contribution in [3.05, 3.63) is 36.5 Å². The molecule has 1 aromatic carbocycles. The number of amides is 1. The third-order valence-electron chi connectivity index (χ3n) is 2.86. The number of carbonyl (C=O) groups is 1. The first-order valence-corrected chi connectivity index (χ1v) is 6.27. The molecule has 1 heterocycles. The lowest BCUT2D eigenvalue weighted by Crippen LogP contribution is -2.42. The van der Waals surface area contributed by atoms with Crippen LogP contribution in [0, 0.1) is 0 Å². The molecule has 5 nitrogen and oxygen atoms in total. The van der Waals surface area contributed by atoms with E-state index in [1.165, 1.54) is 0 Å². The first-order chi connectivity index (χ1) is 9.26. The molecule has 1 amide bonds. The molecule has 2 aromatic rings. The zero-order valence-corrected chi connectivity index (χ0v) is 10.8. The van der Waals surface area contributed by atoms with Crippen molar-refractivity contribution in [2.75, 3.05) is 0 Å². The number of benzene rings is 1. The fraction of sp³-hybridized carbons (Fsp3) is 0.286. The second-order valence-corrected chi connectivity index (χ2v) is 4.23. The number of ether oxygens (including phenoxy) is 1. The minimum absolute atomic E-state index is 0.317. The molecule has 2 rings (SSSR count). The second-order valence-electron chi connectivity index (χ2n) is 4.23. The van der Waals surface area contributed by atoms with Crippen LogP contribution in [0.2, 0.25) is 0 Å². The van der Waals surface area contributed by atoms with Gasteiger partial charge in [0.05, 0.1) is 5.52 Å². The Morgan fingerprint density at radius 2 is 2.26 bits per heavy atom. The van der Waals surface area contributed by atoms with Gasteiger partial charge in [0.2, 0.25) is 0 Å². The molecule has 0 radical (unpaired) electrons. The lowest BCUT2D eigenvalue weighted by molar-refractivity contribution is -0.128. The first kappa shape index (κ1) is 13.3. The topological polar surface area (TPSA) is 77.2 Å². The van der Waals surface area contributed by atoms with Crippen LogP contribution in [-0.4, -0.2) is 17.0 Å². The summed E-state index contributed by atoms with van der Waals surface area (Å²) in [5.41, 5.74) is 2.98. The Morgan fingerprint density at radius 1 is 1.42 bits per heavy atom. The van der Waals surface area contributed by atoms with Crippen LogP contribution in [0.25, 0.3) is 10.9 Å².